The summed E-state index contributed by atoms with van der Waals surface area (Å²) in [5.74, 6) is 0.779. The van der Waals surface area contributed by atoms with E-state index in [1.165, 1.54) is 0 Å². The Balaban J connectivity index is 3.19. The molecule has 1 aromatic carbocycles. The molecule has 0 heterocycles. The van der Waals surface area contributed by atoms with E-state index < -0.39 is 13.9 Å². The van der Waals surface area contributed by atoms with Crippen molar-refractivity contribution in [1.82, 2.24) is 0 Å². The highest BCUT2D eigenvalue weighted by molar-refractivity contribution is 9.10. The molecular weight excluding hydrogens is 284 g/mol. The zero-order valence-corrected chi connectivity index (χ0v) is 13.1. The summed E-state index contributed by atoms with van der Waals surface area (Å²) in [5, 5.41) is 10.1. The van der Waals surface area contributed by atoms with E-state index in [1.807, 2.05) is 18.2 Å². The van der Waals surface area contributed by atoms with Gasteiger partial charge in [0.2, 0.25) is 8.32 Å². The predicted octanol–water partition coefficient (Wildman–Crippen LogP) is 3.89. The molecule has 90 valence electrons. The minimum absolute atomic E-state index is 0.779. The van der Waals surface area contributed by atoms with Gasteiger partial charge in [0.25, 0.3) is 0 Å². The van der Waals surface area contributed by atoms with Crippen LogP contribution in [0.25, 0.3) is 0 Å². The van der Waals surface area contributed by atoms with Gasteiger partial charge >= 0.3 is 0 Å². The minimum Gasteiger partial charge on any atom is -0.544 e. The fraction of sp³-hybridized carbons (Fsp3) is 0.500. The second kappa shape index (κ2) is 4.51. The topological polar surface area (TPSA) is 29.5 Å². The lowest BCUT2D eigenvalue weighted by Crippen LogP contribution is -2.31. The van der Waals surface area contributed by atoms with E-state index in [2.05, 4.69) is 35.6 Å². The van der Waals surface area contributed by atoms with E-state index in [9.17, 15) is 5.11 Å². The summed E-state index contributed by atoms with van der Waals surface area (Å²) < 4.78 is 6.96. The van der Waals surface area contributed by atoms with E-state index in [0.717, 1.165) is 15.8 Å². The molecule has 0 atom stereocenters. The monoisotopic (exact) mass is 302 g/mol. The van der Waals surface area contributed by atoms with E-state index in [4.69, 9.17) is 4.43 Å². The van der Waals surface area contributed by atoms with Gasteiger partial charge in [0.1, 0.15) is 5.75 Å². The normalized spacial score (nSPS) is 12.7. The maximum absolute atomic E-state index is 10.1. The third kappa shape index (κ3) is 3.92. The summed E-state index contributed by atoms with van der Waals surface area (Å²) in [5.41, 5.74) is -0.0477. The molecule has 0 aliphatic rings. The Kier molecular flexibility index (Phi) is 3.87. The summed E-state index contributed by atoms with van der Waals surface area (Å²) in [4.78, 5) is 0. The van der Waals surface area contributed by atoms with Crippen LogP contribution in [0.3, 0.4) is 0 Å². The maximum Gasteiger partial charge on any atom is 0.242 e. The summed E-state index contributed by atoms with van der Waals surface area (Å²) in [6.07, 6.45) is 0. The molecule has 1 N–H and O–H groups in total. The summed E-state index contributed by atoms with van der Waals surface area (Å²) in [7, 11) is -1.66. The van der Waals surface area contributed by atoms with Gasteiger partial charge in [-0.1, -0.05) is 22.0 Å². The van der Waals surface area contributed by atoms with Crippen LogP contribution in [-0.4, -0.2) is 13.4 Å². The molecule has 1 aromatic rings. The van der Waals surface area contributed by atoms with Crippen molar-refractivity contribution in [3.63, 3.8) is 0 Å². The molecule has 0 fully saturated rings. The first kappa shape index (κ1) is 13.7. The Labute approximate surface area is 107 Å². The Morgan fingerprint density at radius 3 is 2.25 bits per heavy atom. The molecule has 0 aromatic heterocycles. The van der Waals surface area contributed by atoms with Crippen molar-refractivity contribution in [3.05, 3.63) is 28.2 Å². The molecule has 0 saturated heterocycles. The average Bonchev–Trinajstić information content (AvgIpc) is 1.97. The van der Waals surface area contributed by atoms with Gasteiger partial charge in [0, 0.05) is 10.0 Å². The van der Waals surface area contributed by atoms with Crippen LogP contribution in [0.15, 0.2) is 22.7 Å². The first-order chi connectivity index (χ1) is 7.09. The quantitative estimate of drug-likeness (QED) is 0.858. The van der Waals surface area contributed by atoms with Crippen LogP contribution in [0.1, 0.15) is 19.4 Å². The third-order valence-electron chi connectivity index (χ3n) is 2.02. The second-order valence-electron chi connectivity index (χ2n) is 5.41. The fourth-order valence-electron chi connectivity index (χ4n) is 1.42. The lowest BCUT2D eigenvalue weighted by atomic mass is 9.98. The molecule has 0 radical (unpaired) electrons. The first-order valence-corrected chi connectivity index (χ1v) is 9.51. The SMILES string of the molecule is CC(C)(O)c1ccc(Br)cc1O[Si](C)(C)C. The van der Waals surface area contributed by atoms with Crippen LogP contribution < -0.4 is 4.43 Å². The molecular formula is C12H19BrO2Si. The molecule has 1 rings (SSSR count). The minimum atomic E-state index is -1.66. The zero-order chi connectivity index (χ0) is 12.6. The number of benzene rings is 1. The van der Waals surface area contributed by atoms with Gasteiger partial charge in [0.05, 0.1) is 5.60 Å². The Hall–Kier alpha value is -0.323. The zero-order valence-electron chi connectivity index (χ0n) is 10.5. The predicted molar refractivity (Wildman–Crippen MR) is 73.4 cm³/mol. The van der Waals surface area contributed by atoms with Gasteiger partial charge in [-0.3, -0.25) is 0 Å². The van der Waals surface area contributed by atoms with Crippen LogP contribution in [-0.2, 0) is 5.60 Å². The molecule has 2 nitrogen and oxygen atoms in total. The van der Waals surface area contributed by atoms with Crippen LogP contribution >= 0.6 is 15.9 Å². The van der Waals surface area contributed by atoms with E-state index in [1.54, 1.807) is 13.8 Å². The van der Waals surface area contributed by atoms with Crippen LogP contribution in [0.4, 0.5) is 0 Å². The van der Waals surface area contributed by atoms with Crippen molar-refractivity contribution in [2.75, 3.05) is 0 Å². The molecule has 16 heavy (non-hydrogen) atoms. The number of hydrogen-bond donors (Lipinski definition) is 1. The maximum atomic E-state index is 10.1. The number of aliphatic hydroxyl groups is 1. The molecule has 4 heteroatoms. The molecule has 0 amide bonds. The van der Waals surface area contributed by atoms with Crippen molar-refractivity contribution in [3.8, 4) is 5.75 Å². The van der Waals surface area contributed by atoms with Gasteiger partial charge in [-0.25, -0.2) is 0 Å². The van der Waals surface area contributed by atoms with Gasteiger partial charge in [-0.15, -0.1) is 0 Å². The van der Waals surface area contributed by atoms with Crippen molar-refractivity contribution in [1.29, 1.82) is 0 Å². The van der Waals surface area contributed by atoms with Crippen molar-refractivity contribution >= 4 is 24.2 Å². The Morgan fingerprint density at radius 2 is 1.81 bits per heavy atom. The molecule has 0 saturated carbocycles. The number of rotatable bonds is 3. The van der Waals surface area contributed by atoms with Crippen molar-refractivity contribution in [2.45, 2.75) is 39.1 Å². The Bertz CT molecular complexity index is 378. The molecule has 0 unspecified atom stereocenters. The number of hydrogen-bond acceptors (Lipinski definition) is 2. The highest BCUT2D eigenvalue weighted by atomic mass is 79.9. The standard InChI is InChI=1S/C12H19BrO2Si/c1-12(2,14)10-7-6-9(13)8-11(10)15-16(3,4)5/h6-8,14H,1-5H3. The average molecular weight is 303 g/mol. The largest absolute Gasteiger partial charge is 0.544 e. The van der Waals surface area contributed by atoms with Crippen LogP contribution in [0.2, 0.25) is 19.6 Å². The number of halogens is 1. The van der Waals surface area contributed by atoms with Gasteiger partial charge in [-0.05, 0) is 45.6 Å². The highest BCUT2D eigenvalue weighted by Crippen LogP contribution is 2.33. The van der Waals surface area contributed by atoms with Gasteiger partial charge in [-0.2, -0.15) is 0 Å². The molecule has 0 aliphatic heterocycles. The second-order valence-corrected chi connectivity index (χ2v) is 10.8. The third-order valence-corrected chi connectivity index (χ3v) is 3.34. The van der Waals surface area contributed by atoms with Crippen LogP contribution in [0.5, 0.6) is 5.75 Å². The lowest BCUT2D eigenvalue weighted by molar-refractivity contribution is 0.0767. The van der Waals surface area contributed by atoms with Crippen molar-refractivity contribution < 1.29 is 9.53 Å². The molecule has 0 aliphatic carbocycles. The smallest absolute Gasteiger partial charge is 0.242 e. The van der Waals surface area contributed by atoms with Crippen LogP contribution in [0, 0.1) is 0 Å². The molecule has 0 spiro atoms. The Morgan fingerprint density at radius 1 is 1.25 bits per heavy atom. The summed E-state index contributed by atoms with van der Waals surface area (Å²) in [6.45, 7) is 9.92. The van der Waals surface area contributed by atoms with Gasteiger partial charge in [0.15, 0.2) is 0 Å². The van der Waals surface area contributed by atoms with E-state index in [0.29, 0.717) is 0 Å². The van der Waals surface area contributed by atoms with E-state index in [-0.39, 0.29) is 0 Å². The summed E-state index contributed by atoms with van der Waals surface area (Å²) >= 11 is 3.42. The molecule has 0 bridgehead atoms. The highest BCUT2D eigenvalue weighted by Gasteiger charge is 2.25. The summed E-state index contributed by atoms with van der Waals surface area (Å²) in [6, 6.07) is 5.75. The first-order valence-electron chi connectivity index (χ1n) is 5.31. The fourth-order valence-corrected chi connectivity index (χ4v) is 2.58. The van der Waals surface area contributed by atoms with Crippen molar-refractivity contribution in [2.24, 2.45) is 0 Å². The van der Waals surface area contributed by atoms with E-state index >= 15 is 0 Å². The lowest BCUT2D eigenvalue weighted by Gasteiger charge is -2.26. The van der Waals surface area contributed by atoms with Gasteiger partial charge < -0.3 is 9.53 Å².